The second-order valence-corrected chi connectivity index (χ2v) is 6.41. The third-order valence-electron chi connectivity index (χ3n) is 3.84. The van der Waals surface area contributed by atoms with Gasteiger partial charge in [-0.3, -0.25) is 4.79 Å². The van der Waals surface area contributed by atoms with Crippen molar-refractivity contribution >= 4 is 27.3 Å². The van der Waals surface area contributed by atoms with Crippen LogP contribution in [0.3, 0.4) is 0 Å². The smallest absolute Gasteiger partial charge is 0.264 e. The predicted octanol–water partition coefficient (Wildman–Crippen LogP) is 3.00. The Balaban J connectivity index is 1.99. The van der Waals surface area contributed by atoms with Crippen LogP contribution in [0.15, 0.2) is 18.2 Å². The number of rotatable bonds is 4. The topological polar surface area (TPSA) is 38.8 Å². The molecule has 1 saturated heterocycles. The first-order valence-corrected chi connectivity index (χ1v) is 8.13. The highest BCUT2D eigenvalue weighted by Crippen LogP contribution is 2.34. The molecule has 2 heterocycles. The molecule has 3 rings (SSSR count). The molecule has 0 unspecified atom stereocenters. The summed E-state index contributed by atoms with van der Waals surface area (Å²) in [5.41, 5.74) is 0.555. The number of fused-ring (bicyclic) bond motifs is 1. The fourth-order valence-corrected chi connectivity index (χ4v) is 3.95. The Morgan fingerprint density at radius 3 is 3.09 bits per heavy atom. The molecule has 0 spiro atoms. The number of benzene rings is 1. The van der Waals surface area contributed by atoms with E-state index in [2.05, 4.69) is 0 Å². The maximum atomic E-state index is 14.2. The van der Waals surface area contributed by atoms with Crippen LogP contribution in [0.4, 0.5) is 8.78 Å². The van der Waals surface area contributed by atoms with Crippen LogP contribution in [0.25, 0.3) is 10.1 Å². The van der Waals surface area contributed by atoms with Crippen molar-refractivity contribution in [2.75, 3.05) is 33.5 Å². The number of hydrogen-bond donors (Lipinski definition) is 0. The van der Waals surface area contributed by atoms with Gasteiger partial charge in [0.15, 0.2) is 0 Å². The van der Waals surface area contributed by atoms with Crippen LogP contribution >= 0.6 is 11.3 Å². The standard InChI is InChI=1S/C16H17F2NO3S/c1-21-9-11-14-12(18)3-2-4-13(14)23-15(11)16(20)19-5-6-22-10(7-17)8-19/h2-4,10H,5-9H2,1H3/t10-/m1/s1. The van der Waals surface area contributed by atoms with E-state index < -0.39 is 12.8 Å². The van der Waals surface area contributed by atoms with E-state index in [0.29, 0.717) is 33.7 Å². The number of carbonyl (C=O) groups is 1. The zero-order valence-corrected chi connectivity index (χ0v) is 13.5. The van der Waals surface area contributed by atoms with E-state index in [0.717, 1.165) is 0 Å². The van der Waals surface area contributed by atoms with Crippen LogP contribution in [0.2, 0.25) is 0 Å². The SMILES string of the molecule is COCc1c(C(=O)N2CCO[C@H](CF)C2)sc2cccc(F)c12. The molecule has 4 nitrogen and oxygen atoms in total. The van der Waals surface area contributed by atoms with Gasteiger partial charge in [-0.15, -0.1) is 11.3 Å². The zero-order valence-electron chi connectivity index (χ0n) is 12.7. The molecule has 7 heteroatoms. The summed E-state index contributed by atoms with van der Waals surface area (Å²) in [5.74, 6) is -0.590. The fraction of sp³-hybridized carbons (Fsp3) is 0.438. The van der Waals surface area contributed by atoms with E-state index in [-0.39, 0.29) is 24.9 Å². The monoisotopic (exact) mass is 341 g/mol. The maximum absolute atomic E-state index is 14.2. The average molecular weight is 341 g/mol. The van der Waals surface area contributed by atoms with Crippen molar-refractivity contribution in [1.82, 2.24) is 4.90 Å². The first-order valence-electron chi connectivity index (χ1n) is 7.31. The number of halogens is 2. The summed E-state index contributed by atoms with van der Waals surface area (Å²) < 4.78 is 38.1. The minimum atomic E-state index is -0.629. The first kappa shape index (κ1) is 16.3. The van der Waals surface area contributed by atoms with Crippen LogP contribution in [0.1, 0.15) is 15.2 Å². The van der Waals surface area contributed by atoms with Gasteiger partial charge in [0.1, 0.15) is 18.6 Å². The molecule has 0 bridgehead atoms. The van der Waals surface area contributed by atoms with Crippen LogP contribution in [0.5, 0.6) is 0 Å². The van der Waals surface area contributed by atoms with Crippen molar-refractivity contribution in [3.8, 4) is 0 Å². The number of carbonyl (C=O) groups excluding carboxylic acids is 1. The number of nitrogens with zero attached hydrogens (tertiary/aromatic N) is 1. The molecule has 1 atom stereocenters. The third kappa shape index (κ3) is 3.08. The summed E-state index contributed by atoms with van der Waals surface area (Å²) in [6.07, 6.45) is -0.593. The molecule has 2 aromatic rings. The van der Waals surface area contributed by atoms with Gasteiger partial charge in [-0.05, 0) is 12.1 Å². The van der Waals surface area contributed by atoms with Gasteiger partial charge >= 0.3 is 0 Å². The second kappa shape index (κ2) is 6.90. The average Bonchev–Trinajstić information content (AvgIpc) is 2.94. The molecule has 0 radical (unpaired) electrons. The Hall–Kier alpha value is -1.57. The number of alkyl halides is 1. The summed E-state index contributed by atoms with van der Waals surface area (Å²) in [7, 11) is 1.51. The van der Waals surface area contributed by atoms with Gasteiger partial charge in [-0.2, -0.15) is 0 Å². The molecule has 124 valence electrons. The minimum Gasteiger partial charge on any atom is -0.380 e. The molecule has 0 N–H and O–H groups in total. The number of hydrogen-bond acceptors (Lipinski definition) is 4. The van der Waals surface area contributed by atoms with Gasteiger partial charge in [-0.25, -0.2) is 8.78 Å². The Morgan fingerprint density at radius 2 is 2.35 bits per heavy atom. The Kier molecular flexibility index (Phi) is 4.89. The lowest BCUT2D eigenvalue weighted by molar-refractivity contribution is -0.0309. The van der Waals surface area contributed by atoms with Crippen molar-refractivity contribution in [2.24, 2.45) is 0 Å². The van der Waals surface area contributed by atoms with E-state index in [1.165, 1.54) is 24.5 Å². The Bertz CT molecular complexity index is 719. The lowest BCUT2D eigenvalue weighted by Crippen LogP contribution is -2.46. The number of thiophene rings is 1. The molecule has 1 fully saturated rings. The van der Waals surface area contributed by atoms with Crippen molar-refractivity contribution in [3.05, 3.63) is 34.5 Å². The highest BCUT2D eigenvalue weighted by atomic mass is 32.1. The molecule has 1 amide bonds. The lowest BCUT2D eigenvalue weighted by atomic mass is 10.1. The normalized spacial score (nSPS) is 18.6. The van der Waals surface area contributed by atoms with E-state index in [1.54, 1.807) is 17.0 Å². The predicted molar refractivity (Wildman–Crippen MR) is 84.1 cm³/mol. The molecule has 0 saturated carbocycles. The molecule has 23 heavy (non-hydrogen) atoms. The van der Waals surface area contributed by atoms with Gasteiger partial charge < -0.3 is 14.4 Å². The van der Waals surface area contributed by atoms with Crippen LogP contribution in [-0.4, -0.2) is 50.4 Å². The van der Waals surface area contributed by atoms with Crippen molar-refractivity contribution < 1.29 is 23.0 Å². The highest BCUT2D eigenvalue weighted by Gasteiger charge is 2.29. The zero-order chi connectivity index (χ0) is 16.4. The minimum absolute atomic E-state index is 0.152. The van der Waals surface area contributed by atoms with E-state index in [1.807, 2.05) is 0 Å². The number of amides is 1. The van der Waals surface area contributed by atoms with Crippen molar-refractivity contribution in [2.45, 2.75) is 12.7 Å². The lowest BCUT2D eigenvalue weighted by Gasteiger charge is -2.31. The quantitative estimate of drug-likeness (QED) is 0.858. The summed E-state index contributed by atoms with van der Waals surface area (Å²) in [6, 6.07) is 4.77. The Labute approximate surface area is 136 Å². The van der Waals surface area contributed by atoms with Gasteiger partial charge in [-0.1, -0.05) is 6.07 Å². The summed E-state index contributed by atoms with van der Waals surface area (Å²) in [4.78, 5) is 14.8. The van der Waals surface area contributed by atoms with Crippen LogP contribution in [-0.2, 0) is 16.1 Å². The highest BCUT2D eigenvalue weighted by molar-refractivity contribution is 7.21. The van der Waals surface area contributed by atoms with Crippen LogP contribution in [0, 0.1) is 5.82 Å². The second-order valence-electron chi connectivity index (χ2n) is 5.35. The van der Waals surface area contributed by atoms with Gasteiger partial charge in [0.2, 0.25) is 0 Å². The number of ether oxygens (including phenoxy) is 2. The Morgan fingerprint density at radius 1 is 1.52 bits per heavy atom. The van der Waals surface area contributed by atoms with E-state index in [9.17, 15) is 13.6 Å². The number of methoxy groups -OCH3 is 1. The van der Waals surface area contributed by atoms with Gasteiger partial charge in [0.05, 0.1) is 18.1 Å². The fourth-order valence-electron chi connectivity index (χ4n) is 2.76. The number of morpholine rings is 1. The van der Waals surface area contributed by atoms with Crippen LogP contribution < -0.4 is 0 Å². The van der Waals surface area contributed by atoms with Crippen molar-refractivity contribution in [3.63, 3.8) is 0 Å². The maximum Gasteiger partial charge on any atom is 0.264 e. The van der Waals surface area contributed by atoms with E-state index in [4.69, 9.17) is 9.47 Å². The summed E-state index contributed by atoms with van der Waals surface area (Å²) in [5, 5.41) is 0.429. The molecular weight excluding hydrogens is 324 g/mol. The molecular formula is C16H17F2NO3S. The molecule has 1 aliphatic rings. The summed E-state index contributed by atoms with van der Waals surface area (Å²) in [6.45, 7) is 0.435. The van der Waals surface area contributed by atoms with Crippen molar-refractivity contribution in [1.29, 1.82) is 0 Å². The summed E-state index contributed by atoms with van der Waals surface area (Å²) >= 11 is 1.24. The molecule has 1 aliphatic heterocycles. The molecule has 1 aromatic carbocycles. The van der Waals surface area contributed by atoms with Gasteiger partial charge in [0, 0.05) is 35.8 Å². The third-order valence-corrected chi connectivity index (χ3v) is 5.03. The van der Waals surface area contributed by atoms with E-state index >= 15 is 0 Å². The molecule has 1 aromatic heterocycles. The molecule has 0 aliphatic carbocycles. The first-order chi connectivity index (χ1) is 11.2. The largest absolute Gasteiger partial charge is 0.380 e. The van der Waals surface area contributed by atoms with Gasteiger partial charge in [0.25, 0.3) is 5.91 Å².